The molecule has 0 atom stereocenters. The van der Waals surface area contributed by atoms with Crippen LogP contribution in [0.4, 0.5) is 17.1 Å². The van der Waals surface area contributed by atoms with Crippen molar-refractivity contribution in [2.75, 3.05) is 18.0 Å². The molecule has 0 radical (unpaired) electrons. The van der Waals surface area contributed by atoms with Crippen molar-refractivity contribution in [2.24, 2.45) is 4.99 Å². The van der Waals surface area contributed by atoms with Crippen LogP contribution < -0.4 is 4.90 Å². The molecule has 2 heterocycles. The van der Waals surface area contributed by atoms with Crippen LogP contribution in [0.3, 0.4) is 0 Å². The fourth-order valence-corrected chi connectivity index (χ4v) is 6.28. The summed E-state index contributed by atoms with van der Waals surface area (Å²) in [5.41, 5.74) is 1.61. The van der Waals surface area contributed by atoms with E-state index in [0.717, 1.165) is 11.6 Å². The van der Waals surface area contributed by atoms with E-state index in [1.54, 1.807) is 28.8 Å². The van der Waals surface area contributed by atoms with E-state index in [2.05, 4.69) is 47.1 Å². The average molecular weight is 503 g/mol. The van der Waals surface area contributed by atoms with Gasteiger partial charge in [0.25, 0.3) is 11.6 Å². The first kappa shape index (κ1) is 23.2. The van der Waals surface area contributed by atoms with Gasteiger partial charge in [-0.05, 0) is 55.3 Å². The molecule has 35 heavy (non-hydrogen) atoms. The molecule has 0 spiro atoms. The van der Waals surface area contributed by atoms with Gasteiger partial charge in [0.15, 0.2) is 5.17 Å². The highest BCUT2D eigenvalue weighted by Crippen LogP contribution is 2.49. The van der Waals surface area contributed by atoms with Gasteiger partial charge in [0.05, 0.1) is 26.2 Å². The van der Waals surface area contributed by atoms with E-state index in [0.29, 0.717) is 22.3 Å². The second kappa shape index (κ2) is 9.59. The number of anilines is 1. The third-order valence-electron chi connectivity index (χ3n) is 5.78. The van der Waals surface area contributed by atoms with E-state index >= 15 is 0 Å². The van der Waals surface area contributed by atoms with Crippen molar-refractivity contribution in [2.45, 2.75) is 18.7 Å². The summed E-state index contributed by atoms with van der Waals surface area (Å²) in [5, 5.41) is 15.1. The number of allylic oxidation sites excluding steroid dienone is 2. The SMILES string of the molecule is CCN1C(=O)C(=CC=C2Sc3ccc4ccccc4c3N2CC)SC1=Nc1cccc([N+](=O)[O-])c1. The van der Waals surface area contributed by atoms with Gasteiger partial charge in [0, 0.05) is 35.5 Å². The molecule has 0 aromatic heterocycles. The molecule has 0 bridgehead atoms. The Morgan fingerprint density at radius 2 is 1.77 bits per heavy atom. The van der Waals surface area contributed by atoms with Gasteiger partial charge in [0.2, 0.25) is 0 Å². The van der Waals surface area contributed by atoms with Crippen LogP contribution in [0.1, 0.15) is 13.8 Å². The van der Waals surface area contributed by atoms with Crippen molar-refractivity contribution in [1.29, 1.82) is 0 Å². The van der Waals surface area contributed by atoms with Crippen LogP contribution in [-0.4, -0.2) is 34.0 Å². The number of non-ortho nitro benzene ring substituents is 1. The summed E-state index contributed by atoms with van der Waals surface area (Å²) >= 11 is 2.98. The summed E-state index contributed by atoms with van der Waals surface area (Å²) < 4.78 is 0. The molecule has 1 fully saturated rings. The van der Waals surface area contributed by atoms with Crippen LogP contribution >= 0.6 is 23.5 Å². The lowest BCUT2D eigenvalue weighted by Crippen LogP contribution is -2.28. The van der Waals surface area contributed by atoms with Crippen molar-refractivity contribution in [1.82, 2.24) is 4.90 Å². The Kier molecular flexibility index (Phi) is 6.36. The predicted octanol–water partition coefficient (Wildman–Crippen LogP) is 6.69. The number of carbonyl (C=O) groups is 1. The quantitative estimate of drug-likeness (QED) is 0.220. The Labute approximate surface area is 211 Å². The first-order valence-corrected chi connectivity index (χ1v) is 12.9. The number of benzene rings is 3. The van der Waals surface area contributed by atoms with Gasteiger partial charge in [-0.15, -0.1) is 0 Å². The molecule has 0 N–H and O–H groups in total. The maximum atomic E-state index is 13.1. The number of thioether (sulfide) groups is 2. The highest BCUT2D eigenvalue weighted by atomic mass is 32.2. The zero-order valence-electron chi connectivity index (χ0n) is 19.2. The molecule has 7 nitrogen and oxygen atoms in total. The molecule has 176 valence electrons. The van der Waals surface area contributed by atoms with E-state index < -0.39 is 4.92 Å². The topological polar surface area (TPSA) is 79.0 Å². The number of amidine groups is 1. The van der Waals surface area contributed by atoms with Crippen molar-refractivity contribution >= 4 is 62.4 Å². The van der Waals surface area contributed by atoms with Crippen molar-refractivity contribution < 1.29 is 9.72 Å². The lowest BCUT2D eigenvalue weighted by Gasteiger charge is -2.19. The number of carbonyl (C=O) groups excluding carboxylic acids is 1. The number of nitro benzene ring substituents is 1. The number of amides is 1. The van der Waals surface area contributed by atoms with Gasteiger partial charge in [-0.1, -0.05) is 48.2 Å². The Morgan fingerprint density at radius 1 is 0.971 bits per heavy atom. The van der Waals surface area contributed by atoms with Gasteiger partial charge >= 0.3 is 0 Å². The molecule has 1 saturated heterocycles. The second-order valence-electron chi connectivity index (χ2n) is 7.84. The van der Waals surface area contributed by atoms with Crippen molar-refractivity contribution in [3.05, 3.63) is 92.9 Å². The van der Waals surface area contributed by atoms with E-state index in [1.165, 1.54) is 45.2 Å². The Hall–Kier alpha value is -3.56. The minimum atomic E-state index is -0.453. The first-order chi connectivity index (χ1) is 17.0. The zero-order chi connectivity index (χ0) is 24.5. The third-order valence-corrected chi connectivity index (χ3v) is 7.92. The van der Waals surface area contributed by atoms with E-state index in [1.807, 2.05) is 25.1 Å². The minimum Gasteiger partial charge on any atom is -0.335 e. The Morgan fingerprint density at radius 3 is 2.54 bits per heavy atom. The highest BCUT2D eigenvalue weighted by Gasteiger charge is 2.32. The number of hydrogen-bond acceptors (Lipinski definition) is 7. The van der Waals surface area contributed by atoms with Gasteiger partial charge in [-0.3, -0.25) is 19.8 Å². The van der Waals surface area contributed by atoms with Gasteiger partial charge in [0.1, 0.15) is 0 Å². The fourth-order valence-electron chi connectivity index (χ4n) is 4.13. The number of rotatable bonds is 5. The van der Waals surface area contributed by atoms with Crippen LogP contribution in [0.2, 0.25) is 0 Å². The smallest absolute Gasteiger partial charge is 0.271 e. The molecule has 0 saturated carbocycles. The third kappa shape index (κ3) is 4.33. The van der Waals surface area contributed by atoms with Crippen LogP contribution in [0.25, 0.3) is 10.8 Å². The van der Waals surface area contributed by atoms with Gasteiger partial charge < -0.3 is 4.90 Å². The summed E-state index contributed by atoms with van der Waals surface area (Å²) in [6, 6.07) is 18.8. The van der Waals surface area contributed by atoms with E-state index in [-0.39, 0.29) is 11.6 Å². The number of nitro groups is 1. The molecule has 0 unspecified atom stereocenters. The zero-order valence-corrected chi connectivity index (χ0v) is 20.8. The number of hydrogen-bond donors (Lipinski definition) is 0. The lowest BCUT2D eigenvalue weighted by atomic mass is 10.1. The number of fused-ring (bicyclic) bond motifs is 3. The lowest BCUT2D eigenvalue weighted by molar-refractivity contribution is -0.384. The molecule has 2 aliphatic rings. The molecule has 3 aromatic rings. The Balaban J connectivity index is 1.46. The summed E-state index contributed by atoms with van der Waals surface area (Å²) in [7, 11) is 0. The molecular weight excluding hydrogens is 480 g/mol. The molecule has 0 aliphatic carbocycles. The van der Waals surface area contributed by atoms with E-state index in [9.17, 15) is 14.9 Å². The predicted molar refractivity (Wildman–Crippen MR) is 144 cm³/mol. The summed E-state index contributed by atoms with van der Waals surface area (Å²) in [5.74, 6) is -0.118. The molecule has 5 rings (SSSR count). The van der Waals surface area contributed by atoms with Gasteiger partial charge in [-0.2, -0.15) is 0 Å². The first-order valence-electron chi connectivity index (χ1n) is 11.2. The van der Waals surface area contributed by atoms with Crippen LogP contribution in [0.5, 0.6) is 0 Å². The molecule has 1 amide bonds. The van der Waals surface area contributed by atoms with E-state index in [4.69, 9.17) is 0 Å². The largest absolute Gasteiger partial charge is 0.335 e. The monoisotopic (exact) mass is 502 g/mol. The average Bonchev–Trinajstić information content (AvgIpc) is 3.38. The fraction of sp³-hybridized carbons (Fsp3) is 0.154. The standard InChI is InChI=1S/C26H22N4O3S2/c1-3-28-23(34-21-13-12-17-8-5-6-11-20(17)24(21)28)15-14-22-25(31)29(4-2)26(35-22)27-18-9-7-10-19(16-18)30(32)33/h5-16H,3-4H2,1-2H3. The summed E-state index contributed by atoms with van der Waals surface area (Å²) in [6.45, 7) is 5.28. The van der Waals surface area contributed by atoms with Crippen LogP contribution in [0, 0.1) is 10.1 Å². The van der Waals surface area contributed by atoms with Crippen molar-refractivity contribution in [3.63, 3.8) is 0 Å². The number of likely N-dealkylation sites (N-methyl/N-ethyl adjacent to an activating group) is 1. The maximum Gasteiger partial charge on any atom is 0.271 e. The molecule has 2 aliphatic heterocycles. The summed E-state index contributed by atoms with van der Waals surface area (Å²) in [6.07, 6.45) is 3.85. The van der Waals surface area contributed by atoms with Crippen LogP contribution in [-0.2, 0) is 4.79 Å². The number of aliphatic imine (C=N–C) groups is 1. The molecule has 3 aromatic carbocycles. The second-order valence-corrected chi connectivity index (χ2v) is 9.91. The summed E-state index contributed by atoms with van der Waals surface area (Å²) in [4.78, 5) is 33.9. The normalized spacial score (nSPS) is 18.9. The highest BCUT2D eigenvalue weighted by molar-refractivity contribution is 8.18. The maximum absolute atomic E-state index is 13.1. The Bertz CT molecular complexity index is 1450. The number of nitrogens with zero attached hydrogens (tertiary/aromatic N) is 4. The van der Waals surface area contributed by atoms with Crippen LogP contribution in [0.15, 0.2) is 92.6 Å². The molecular formula is C26H22N4O3S2. The van der Waals surface area contributed by atoms with Crippen molar-refractivity contribution in [3.8, 4) is 0 Å². The minimum absolute atomic E-state index is 0.0327. The molecule has 9 heteroatoms. The van der Waals surface area contributed by atoms with Gasteiger partial charge in [-0.25, -0.2) is 4.99 Å².